The van der Waals surface area contributed by atoms with Gasteiger partial charge in [-0.05, 0) is 35.9 Å². The standard InChI is InChI=1S/C20H25N3O3S/c1-26-12-5-10-21-19(24)20(25)22-14-17(18-8-4-13-27-18)23-11-9-15-6-2-3-7-16(15)23/h2-4,6-8,13,17H,5,9-12,14H2,1H3,(H,21,24)(H,22,25). The van der Waals surface area contributed by atoms with E-state index >= 15 is 0 Å². The van der Waals surface area contributed by atoms with Gasteiger partial charge in [-0.15, -0.1) is 11.3 Å². The maximum Gasteiger partial charge on any atom is 0.309 e. The summed E-state index contributed by atoms with van der Waals surface area (Å²) < 4.78 is 4.93. The van der Waals surface area contributed by atoms with Gasteiger partial charge in [0.05, 0.1) is 6.04 Å². The third-order valence-corrected chi connectivity index (χ3v) is 5.62. The fourth-order valence-electron chi connectivity index (χ4n) is 3.30. The van der Waals surface area contributed by atoms with E-state index in [0.717, 1.165) is 13.0 Å². The second kappa shape index (κ2) is 9.53. The van der Waals surface area contributed by atoms with Gasteiger partial charge in [-0.3, -0.25) is 9.59 Å². The molecule has 7 heteroatoms. The van der Waals surface area contributed by atoms with E-state index in [9.17, 15) is 9.59 Å². The summed E-state index contributed by atoms with van der Waals surface area (Å²) in [6.45, 7) is 2.27. The number of carbonyl (C=O) groups excluding carboxylic acids is 2. The van der Waals surface area contributed by atoms with Crippen LogP contribution in [0.5, 0.6) is 0 Å². The first-order valence-electron chi connectivity index (χ1n) is 9.13. The molecule has 1 unspecified atom stereocenters. The smallest absolute Gasteiger partial charge is 0.309 e. The number of rotatable bonds is 8. The van der Waals surface area contributed by atoms with E-state index in [1.165, 1.54) is 16.1 Å². The molecule has 1 aromatic carbocycles. The third kappa shape index (κ3) is 4.87. The molecule has 27 heavy (non-hydrogen) atoms. The molecule has 0 aliphatic carbocycles. The Morgan fingerprint density at radius 3 is 2.78 bits per heavy atom. The predicted octanol–water partition coefficient (Wildman–Crippen LogP) is 2.12. The summed E-state index contributed by atoms with van der Waals surface area (Å²) in [6, 6.07) is 12.5. The minimum absolute atomic E-state index is 0.0129. The minimum Gasteiger partial charge on any atom is -0.385 e. The van der Waals surface area contributed by atoms with Gasteiger partial charge < -0.3 is 20.3 Å². The SMILES string of the molecule is COCCCNC(=O)C(=O)NCC(c1cccs1)N1CCc2ccccc21. The molecule has 1 aromatic heterocycles. The van der Waals surface area contributed by atoms with E-state index in [2.05, 4.69) is 39.8 Å². The van der Waals surface area contributed by atoms with Gasteiger partial charge in [0.1, 0.15) is 0 Å². The van der Waals surface area contributed by atoms with E-state index in [4.69, 9.17) is 4.74 Å². The van der Waals surface area contributed by atoms with Crippen LogP contribution in [0.1, 0.15) is 22.9 Å². The zero-order valence-electron chi connectivity index (χ0n) is 15.4. The fourth-order valence-corrected chi connectivity index (χ4v) is 4.14. The molecule has 0 fully saturated rings. The summed E-state index contributed by atoms with van der Waals surface area (Å²) in [6.07, 6.45) is 1.67. The number of fused-ring (bicyclic) bond motifs is 1. The van der Waals surface area contributed by atoms with Gasteiger partial charge >= 0.3 is 11.8 Å². The summed E-state index contributed by atoms with van der Waals surface area (Å²) in [5.41, 5.74) is 2.52. The predicted molar refractivity (Wildman–Crippen MR) is 107 cm³/mol. The molecule has 2 N–H and O–H groups in total. The Labute approximate surface area is 163 Å². The molecule has 6 nitrogen and oxygen atoms in total. The summed E-state index contributed by atoms with van der Waals surface area (Å²) in [7, 11) is 1.61. The number of hydrogen-bond acceptors (Lipinski definition) is 5. The second-order valence-corrected chi connectivity index (χ2v) is 7.39. The van der Waals surface area contributed by atoms with Crippen molar-refractivity contribution >= 4 is 28.8 Å². The van der Waals surface area contributed by atoms with Gasteiger partial charge in [-0.2, -0.15) is 0 Å². The van der Waals surface area contributed by atoms with E-state index in [-0.39, 0.29) is 6.04 Å². The zero-order valence-corrected chi connectivity index (χ0v) is 16.3. The van der Waals surface area contributed by atoms with E-state index in [1.807, 2.05) is 17.5 Å². The lowest BCUT2D eigenvalue weighted by atomic mass is 10.1. The number of hydrogen-bond donors (Lipinski definition) is 2. The summed E-state index contributed by atoms with van der Waals surface area (Å²) in [4.78, 5) is 27.6. The molecule has 0 bridgehead atoms. The molecule has 0 saturated heterocycles. The highest BCUT2D eigenvalue weighted by atomic mass is 32.1. The number of ether oxygens (including phenoxy) is 1. The number of carbonyl (C=O) groups is 2. The molecule has 2 aromatic rings. The molecule has 0 radical (unpaired) electrons. The summed E-state index contributed by atoms with van der Waals surface area (Å²) in [5.74, 6) is -1.20. The average molecular weight is 388 g/mol. The van der Waals surface area contributed by atoms with Crippen LogP contribution >= 0.6 is 11.3 Å². The molecule has 1 aliphatic rings. The van der Waals surface area contributed by atoms with Gasteiger partial charge in [-0.25, -0.2) is 0 Å². The Morgan fingerprint density at radius 2 is 2.00 bits per heavy atom. The Hall–Kier alpha value is -2.38. The van der Waals surface area contributed by atoms with Crippen LogP contribution in [0.2, 0.25) is 0 Å². The highest BCUT2D eigenvalue weighted by molar-refractivity contribution is 7.10. The van der Waals surface area contributed by atoms with Gasteiger partial charge in [-0.1, -0.05) is 24.3 Å². The Balaban J connectivity index is 1.62. The minimum atomic E-state index is -0.599. The number of anilines is 1. The zero-order chi connectivity index (χ0) is 19.1. The van der Waals surface area contributed by atoms with Crippen molar-refractivity contribution in [3.63, 3.8) is 0 Å². The third-order valence-electron chi connectivity index (χ3n) is 4.64. The van der Waals surface area contributed by atoms with Crippen molar-refractivity contribution in [2.45, 2.75) is 18.9 Å². The van der Waals surface area contributed by atoms with Crippen LogP contribution in [0.15, 0.2) is 41.8 Å². The van der Waals surface area contributed by atoms with Crippen molar-refractivity contribution in [3.05, 3.63) is 52.2 Å². The van der Waals surface area contributed by atoms with Gasteiger partial charge in [0.15, 0.2) is 0 Å². The molecule has 1 aliphatic heterocycles. The molecule has 2 heterocycles. The van der Waals surface area contributed by atoms with Crippen molar-refractivity contribution in [2.24, 2.45) is 0 Å². The van der Waals surface area contributed by atoms with Crippen molar-refractivity contribution in [1.29, 1.82) is 0 Å². The first-order valence-corrected chi connectivity index (χ1v) is 10.0. The molecule has 2 amide bonds. The van der Waals surface area contributed by atoms with Gasteiger partial charge in [0, 0.05) is 43.9 Å². The summed E-state index contributed by atoms with van der Waals surface area (Å²) in [5, 5.41) is 7.46. The normalized spacial score (nSPS) is 13.9. The first-order chi connectivity index (χ1) is 13.2. The maximum absolute atomic E-state index is 12.2. The number of nitrogens with one attached hydrogen (secondary N) is 2. The van der Waals surface area contributed by atoms with Crippen molar-refractivity contribution in [2.75, 3.05) is 38.3 Å². The quantitative estimate of drug-likeness (QED) is 0.538. The maximum atomic E-state index is 12.2. The lowest BCUT2D eigenvalue weighted by Gasteiger charge is -2.30. The summed E-state index contributed by atoms with van der Waals surface area (Å²) >= 11 is 1.66. The van der Waals surface area contributed by atoms with Crippen molar-refractivity contribution in [1.82, 2.24) is 10.6 Å². The number of amides is 2. The Morgan fingerprint density at radius 1 is 1.19 bits per heavy atom. The fraction of sp³-hybridized carbons (Fsp3) is 0.400. The number of nitrogens with zero attached hydrogens (tertiary/aromatic N) is 1. The number of methoxy groups -OCH3 is 1. The molecule has 144 valence electrons. The lowest BCUT2D eigenvalue weighted by Crippen LogP contribution is -2.44. The van der Waals surface area contributed by atoms with Crippen molar-refractivity contribution in [3.8, 4) is 0 Å². The molecular weight excluding hydrogens is 362 g/mol. The Bertz CT molecular complexity index is 764. The average Bonchev–Trinajstić information content (AvgIpc) is 3.36. The second-order valence-electron chi connectivity index (χ2n) is 6.42. The van der Waals surface area contributed by atoms with Crippen molar-refractivity contribution < 1.29 is 14.3 Å². The number of thiophene rings is 1. The van der Waals surface area contributed by atoms with Gasteiger partial charge in [0.2, 0.25) is 0 Å². The lowest BCUT2D eigenvalue weighted by molar-refractivity contribution is -0.139. The highest BCUT2D eigenvalue weighted by Crippen LogP contribution is 2.36. The van der Waals surface area contributed by atoms with E-state index < -0.39 is 11.8 Å². The topological polar surface area (TPSA) is 70.7 Å². The molecule has 0 spiro atoms. The molecule has 3 rings (SSSR count). The monoisotopic (exact) mass is 387 g/mol. The molecule has 1 atom stereocenters. The largest absolute Gasteiger partial charge is 0.385 e. The molecule has 0 saturated carbocycles. The van der Waals surface area contributed by atoms with Crippen LogP contribution in [0.25, 0.3) is 0 Å². The van der Waals surface area contributed by atoms with Crippen LogP contribution < -0.4 is 15.5 Å². The first kappa shape index (κ1) is 19.4. The van der Waals surface area contributed by atoms with Crippen LogP contribution in [0.4, 0.5) is 5.69 Å². The van der Waals surface area contributed by atoms with Crippen LogP contribution in [-0.2, 0) is 20.7 Å². The van der Waals surface area contributed by atoms with E-state index in [0.29, 0.717) is 26.1 Å². The van der Waals surface area contributed by atoms with Gasteiger partial charge in [0.25, 0.3) is 0 Å². The van der Waals surface area contributed by atoms with Crippen LogP contribution in [-0.4, -0.2) is 45.2 Å². The van der Waals surface area contributed by atoms with Crippen LogP contribution in [0, 0.1) is 0 Å². The molecular formula is C20H25N3O3S. The number of benzene rings is 1. The Kier molecular flexibility index (Phi) is 6.84. The van der Waals surface area contributed by atoms with Crippen LogP contribution in [0.3, 0.4) is 0 Å². The highest BCUT2D eigenvalue weighted by Gasteiger charge is 2.28. The number of para-hydroxylation sites is 1. The van der Waals surface area contributed by atoms with E-state index in [1.54, 1.807) is 18.4 Å².